The van der Waals surface area contributed by atoms with Crippen LogP contribution < -0.4 is 11.1 Å². The standard InChI is InChI=1S/C19H21Cl2N3O2.ClH/c1-2-9-24(19(26)10-13-3-6-15(22)7-4-13)12-18(25)23-17-8-5-14(20)11-16(17)21;/h3-8,11H,2,9-10,12,22H2,1H3,(H,23,25);1H. The molecule has 0 aliphatic rings. The van der Waals surface area contributed by atoms with Crippen LogP contribution in [-0.2, 0) is 16.0 Å². The minimum atomic E-state index is -0.312. The van der Waals surface area contributed by atoms with Crippen molar-refractivity contribution in [1.29, 1.82) is 0 Å². The van der Waals surface area contributed by atoms with Crippen molar-refractivity contribution >= 4 is 58.8 Å². The van der Waals surface area contributed by atoms with E-state index in [2.05, 4.69) is 5.32 Å². The van der Waals surface area contributed by atoms with Crippen molar-refractivity contribution in [3.05, 3.63) is 58.1 Å². The van der Waals surface area contributed by atoms with Crippen molar-refractivity contribution in [2.24, 2.45) is 0 Å². The molecule has 146 valence electrons. The Morgan fingerprint density at radius 3 is 2.37 bits per heavy atom. The van der Waals surface area contributed by atoms with Crippen LogP contribution in [0.25, 0.3) is 0 Å². The first kappa shape index (κ1) is 23.1. The monoisotopic (exact) mass is 429 g/mol. The van der Waals surface area contributed by atoms with Crippen molar-refractivity contribution in [2.45, 2.75) is 19.8 Å². The van der Waals surface area contributed by atoms with E-state index in [-0.39, 0.29) is 37.2 Å². The molecule has 0 spiro atoms. The highest BCUT2D eigenvalue weighted by molar-refractivity contribution is 6.36. The molecule has 27 heavy (non-hydrogen) atoms. The molecular formula is C19H22Cl3N3O2. The van der Waals surface area contributed by atoms with E-state index in [9.17, 15) is 9.59 Å². The summed E-state index contributed by atoms with van der Waals surface area (Å²) < 4.78 is 0. The van der Waals surface area contributed by atoms with Crippen molar-refractivity contribution in [3.63, 3.8) is 0 Å². The molecule has 0 saturated carbocycles. The predicted molar refractivity (Wildman–Crippen MR) is 114 cm³/mol. The number of benzene rings is 2. The van der Waals surface area contributed by atoms with Crippen molar-refractivity contribution < 1.29 is 9.59 Å². The zero-order valence-corrected chi connectivity index (χ0v) is 17.2. The minimum absolute atomic E-state index is 0. The number of nitrogens with two attached hydrogens (primary N) is 1. The van der Waals surface area contributed by atoms with E-state index in [1.165, 1.54) is 4.90 Å². The molecule has 0 bridgehead atoms. The quantitative estimate of drug-likeness (QED) is 0.639. The van der Waals surface area contributed by atoms with E-state index in [1.807, 2.05) is 19.1 Å². The second kappa shape index (κ2) is 11.0. The number of hydrogen-bond acceptors (Lipinski definition) is 3. The number of amides is 2. The smallest absolute Gasteiger partial charge is 0.244 e. The maximum Gasteiger partial charge on any atom is 0.244 e. The van der Waals surface area contributed by atoms with E-state index in [1.54, 1.807) is 30.3 Å². The number of nitrogen functional groups attached to an aromatic ring is 1. The molecule has 0 aliphatic carbocycles. The number of anilines is 2. The van der Waals surface area contributed by atoms with Gasteiger partial charge in [-0.2, -0.15) is 0 Å². The lowest BCUT2D eigenvalue weighted by Crippen LogP contribution is -2.39. The molecule has 0 atom stereocenters. The summed E-state index contributed by atoms with van der Waals surface area (Å²) in [5.74, 6) is -0.428. The highest BCUT2D eigenvalue weighted by Crippen LogP contribution is 2.25. The average molecular weight is 431 g/mol. The van der Waals surface area contributed by atoms with Crippen LogP contribution in [0.2, 0.25) is 10.0 Å². The normalized spacial score (nSPS) is 10.0. The van der Waals surface area contributed by atoms with Crippen LogP contribution >= 0.6 is 35.6 Å². The average Bonchev–Trinajstić information content (AvgIpc) is 2.59. The molecule has 2 amide bonds. The topological polar surface area (TPSA) is 75.4 Å². The summed E-state index contributed by atoms with van der Waals surface area (Å²) in [7, 11) is 0. The molecule has 0 aromatic heterocycles. The molecule has 0 fully saturated rings. The van der Waals surface area contributed by atoms with Crippen LogP contribution in [-0.4, -0.2) is 29.8 Å². The van der Waals surface area contributed by atoms with Gasteiger partial charge >= 0.3 is 0 Å². The fraction of sp³-hybridized carbons (Fsp3) is 0.263. The zero-order chi connectivity index (χ0) is 19.1. The van der Waals surface area contributed by atoms with Gasteiger partial charge in [-0.3, -0.25) is 9.59 Å². The van der Waals surface area contributed by atoms with E-state index in [0.717, 1.165) is 12.0 Å². The molecule has 0 saturated heterocycles. The number of nitrogens with one attached hydrogen (secondary N) is 1. The molecule has 2 aromatic carbocycles. The second-order valence-electron chi connectivity index (χ2n) is 5.91. The number of rotatable bonds is 7. The lowest BCUT2D eigenvalue weighted by atomic mass is 10.1. The molecule has 0 unspecified atom stereocenters. The van der Waals surface area contributed by atoms with Gasteiger partial charge in [-0.1, -0.05) is 42.3 Å². The fourth-order valence-corrected chi connectivity index (χ4v) is 2.89. The number of carbonyl (C=O) groups is 2. The Labute approximate surface area is 175 Å². The summed E-state index contributed by atoms with van der Waals surface area (Å²) in [6.07, 6.45) is 0.970. The van der Waals surface area contributed by atoms with Gasteiger partial charge in [0.1, 0.15) is 0 Å². The molecular weight excluding hydrogens is 409 g/mol. The summed E-state index contributed by atoms with van der Waals surface area (Å²) in [6.45, 7) is 2.41. The summed E-state index contributed by atoms with van der Waals surface area (Å²) >= 11 is 11.9. The SMILES string of the molecule is CCCN(CC(=O)Nc1ccc(Cl)cc1Cl)C(=O)Cc1ccc(N)cc1.Cl. The van der Waals surface area contributed by atoms with Crippen LogP contribution in [0, 0.1) is 0 Å². The largest absolute Gasteiger partial charge is 0.399 e. The first-order valence-electron chi connectivity index (χ1n) is 8.26. The van der Waals surface area contributed by atoms with E-state index < -0.39 is 0 Å². The maximum absolute atomic E-state index is 12.6. The summed E-state index contributed by atoms with van der Waals surface area (Å²) in [5, 5.41) is 3.55. The Kier molecular flexibility index (Phi) is 9.43. The number of halogens is 3. The van der Waals surface area contributed by atoms with Crippen LogP contribution in [0.5, 0.6) is 0 Å². The number of carbonyl (C=O) groups excluding carboxylic acids is 2. The Hall–Kier alpha value is -1.95. The van der Waals surface area contributed by atoms with Gasteiger partial charge in [0, 0.05) is 17.3 Å². The first-order valence-corrected chi connectivity index (χ1v) is 9.01. The minimum Gasteiger partial charge on any atom is -0.399 e. The third-order valence-electron chi connectivity index (χ3n) is 3.72. The van der Waals surface area contributed by atoms with Gasteiger partial charge < -0.3 is 16.0 Å². The third-order valence-corrected chi connectivity index (χ3v) is 4.27. The van der Waals surface area contributed by atoms with Crippen molar-refractivity contribution in [1.82, 2.24) is 4.90 Å². The second-order valence-corrected chi connectivity index (χ2v) is 6.75. The Morgan fingerprint density at radius 2 is 1.78 bits per heavy atom. The van der Waals surface area contributed by atoms with E-state index in [0.29, 0.717) is 28.0 Å². The van der Waals surface area contributed by atoms with Gasteiger partial charge in [-0.05, 0) is 42.3 Å². The zero-order valence-electron chi connectivity index (χ0n) is 14.9. The molecule has 0 radical (unpaired) electrons. The summed E-state index contributed by atoms with van der Waals surface area (Å²) in [4.78, 5) is 26.4. The van der Waals surface area contributed by atoms with E-state index in [4.69, 9.17) is 28.9 Å². The number of nitrogens with zero attached hydrogens (tertiary/aromatic N) is 1. The molecule has 3 N–H and O–H groups in total. The first-order chi connectivity index (χ1) is 12.4. The van der Waals surface area contributed by atoms with Crippen molar-refractivity contribution in [2.75, 3.05) is 24.1 Å². The molecule has 5 nitrogen and oxygen atoms in total. The Bertz CT molecular complexity index is 782. The van der Waals surface area contributed by atoms with Crippen LogP contribution in [0.15, 0.2) is 42.5 Å². The Morgan fingerprint density at radius 1 is 1.11 bits per heavy atom. The predicted octanol–water partition coefficient (Wildman–Crippen LogP) is 4.42. The van der Waals surface area contributed by atoms with Crippen LogP contribution in [0.1, 0.15) is 18.9 Å². The molecule has 2 rings (SSSR count). The van der Waals surface area contributed by atoms with Crippen molar-refractivity contribution in [3.8, 4) is 0 Å². The van der Waals surface area contributed by atoms with Gasteiger partial charge in [0.15, 0.2) is 0 Å². The van der Waals surface area contributed by atoms with Gasteiger partial charge in [-0.25, -0.2) is 0 Å². The summed E-state index contributed by atoms with van der Waals surface area (Å²) in [6, 6.07) is 11.9. The van der Waals surface area contributed by atoms with Gasteiger partial charge in [0.05, 0.1) is 23.7 Å². The lowest BCUT2D eigenvalue weighted by molar-refractivity contribution is -0.134. The molecule has 8 heteroatoms. The molecule has 0 heterocycles. The number of hydrogen-bond donors (Lipinski definition) is 2. The fourth-order valence-electron chi connectivity index (χ4n) is 2.44. The van der Waals surface area contributed by atoms with Gasteiger partial charge in [-0.15, -0.1) is 12.4 Å². The highest BCUT2D eigenvalue weighted by atomic mass is 35.5. The highest BCUT2D eigenvalue weighted by Gasteiger charge is 2.17. The Balaban J connectivity index is 0.00000364. The van der Waals surface area contributed by atoms with Gasteiger partial charge in [0.25, 0.3) is 0 Å². The maximum atomic E-state index is 12.6. The lowest BCUT2D eigenvalue weighted by Gasteiger charge is -2.22. The van der Waals surface area contributed by atoms with Crippen LogP contribution in [0.4, 0.5) is 11.4 Å². The summed E-state index contributed by atoms with van der Waals surface area (Å²) in [5.41, 5.74) is 7.62. The molecule has 0 aliphatic heterocycles. The van der Waals surface area contributed by atoms with Crippen LogP contribution in [0.3, 0.4) is 0 Å². The molecule has 2 aromatic rings. The van der Waals surface area contributed by atoms with E-state index >= 15 is 0 Å². The van der Waals surface area contributed by atoms with Gasteiger partial charge in [0.2, 0.25) is 11.8 Å². The third kappa shape index (κ3) is 7.29.